The van der Waals surface area contributed by atoms with Gasteiger partial charge in [0.05, 0.1) is 45.2 Å². The molecule has 5 unspecified atom stereocenters. The molecule has 5 saturated heterocycles. The molecule has 0 spiro atoms. The number of aromatic nitrogens is 7. The zero-order valence-corrected chi connectivity index (χ0v) is 83.7. The number of halogens is 1. The smallest absolute Gasteiger partial charge is 0.222 e. The van der Waals surface area contributed by atoms with E-state index in [1.165, 1.54) is 116 Å². The minimum atomic E-state index is -0.711. The predicted molar refractivity (Wildman–Crippen MR) is 520 cm³/mol. The normalized spacial score (nSPS) is 19.2. The van der Waals surface area contributed by atoms with Crippen LogP contribution in [0.1, 0.15) is 321 Å². The fourth-order valence-corrected chi connectivity index (χ4v) is 16.6. The summed E-state index contributed by atoms with van der Waals surface area (Å²) >= 11 is 0. The van der Waals surface area contributed by atoms with Gasteiger partial charge in [-0.2, -0.15) is 0 Å². The molecule has 6 fully saturated rings. The number of piperidine rings is 2. The quantitative estimate of drug-likeness (QED) is 0.0584. The number of hydrogen-bond donors (Lipinski definition) is 0. The Kier molecular flexibility index (Phi) is 43.3. The topological polar surface area (TPSA) is 180 Å². The Balaban J connectivity index is 0.000000203. The zero-order valence-electron chi connectivity index (χ0n) is 83.7. The second-order valence-corrected chi connectivity index (χ2v) is 44.0. The summed E-state index contributed by atoms with van der Waals surface area (Å²) < 4.78 is 41.4. The minimum absolute atomic E-state index is 0.102. The van der Waals surface area contributed by atoms with E-state index in [0.717, 1.165) is 175 Å². The highest BCUT2D eigenvalue weighted by Gasteiger charge is 2.32. The van der Waals surface area contributed by atoms with Gasteiger partial charge in [0.1, 0.15) is 6.17 Å². The molecule has 0 N–H and O–H groups in total. The fourth-order valence-electron chi connectivity index (χ4n) is 16.6. The van der Waals surface area contributed by atoms with Gasteiger partial charge in [-0.15, -0.1) is 0 Å². The molecule has 704 valence electrons. The Labute approximate surface area is 769 Å². The standard InChI is InChI=1S/C17H26N2O.C16H25FN2.C16H24N2O.C16H25NO2.C16H25N.C15H23NO2.C13H21NO/c1-13(20)19-7-5-14(6-8-19)9-15-10-16(12-18-11-15)17(2,3)4;1-16(2,3)14-8-12(9-18-10-14)7-13-5-6-19(4)11-15(13)17;1-16(2,3)14-10-13(11-17-12-14)6-4-8-18-9-5-7-15(18)19;1-5-19-15-11-18-10-13(15)6-12-7-14(9-17-8-12)16(2,3)4;1-16(2,3)15-10-14(11-17-12-15)9-8-13-6-4-5-7-13;1-15(2,3)13-8-12(9-16-10-13)4-5-14-11-17-6-7-18-14;1-13(2,3)12-8-11(9-14-10-12)6-5-7-15-4/h10-12,14H,5-9H2,1-4H3;8-10,13,15H,5-7,11H2,1-4H3;10-12H,4-9H2,1-3H3;7-9,13,15H,5-6,10-11H2,1-4H3;10-13H,4-9H2,1-3H3;8-10,14H,4-7,11H2,1-3H3;8-10H,5-7H2,1-4H3. The van der Waals surface area contributed by atoms with Crippen molar-refractivity contribution in [1.29, 1.82) is 0 Å². The summed E-state index contributed by atoms with van der Waals surface area (Å²) in [5, 5.41) is 0. The molecule has 5 atom stereocenters. The molecule has 13 rings (SSSR count). The second-order valence-electron chi connectivity index (χ2n) is 44.0. The summed E-state index contributed by atoms with van der Waals surface area (Å²) in [6.07, 6.45) is 49.6. The average Bonchev–Trinajstić information content (AvgIpc) is 1.44. The number of methoxy groups -OCH3 is 1. The first-order valence-corrected chi connectivity index (χ1v) is 48.2. The predicted octanol–water partition coefficient (Wildman–Crippen LogP) is 22.5. The maximum Gasteiger partial charge on any atom is 0.222 e. The van der Waals surface area contributed by atoms with E-state index in [4.69, 9.17) is 23.7 Å². The van der Waals surface area contributed by atoms with Crippen LogP contribution in [0.15, 0.2) is 129 Å². The van der Waals surface area contributed by atoms with Gasteiger partial charge in [0.2, 0.25) is 11.8 Å². The molecular formula is C109H169FN10O7. The van der Waals surface area contributed by atoms with Crippen molar-refractivity contribution >= 4 is 11.8 Å². The number of likely N-dealkylation sites (tertiary alicyclic amines) is 3. The highest BCUT2D eigenvalue weighted by molar-refractivity contribution is 5.78. The monoisotopic (exact) mass is 1750 g/mol. The number of aryl methyl sites for hydroxylation is 4. The third kappa shape index (κ3) is 39.3. The Bertz CT molecular complexity index is 4270. The molecular weight excluding hydrogens is 1580 g/mol. The molecule has 6 aliphatic rings. The van der Waals surface area contributed by atoms with Crippen molar-refractivity contribution in [3.63, 3.8) is 0 Å². The molecule has 18 heteroatoms. The maximum absolute atomic E-state index is 14.1. The largest absolute Gasteiger partial charge is 0.385 e. The first-order valence-electron chi connectivity index (χ1n) is 48.2. The zero-order chi connectivity index (χ0) is 93.2. The van der Waals surface area contributed by atoms with Crippen molar-refractivity contribution in [1.82, 2.24) is 49.6 Å². The molecule has 1 aliphatic carbocycles. The third-order valence-corrected chi connectivity index (χ3v) is 25.4. The van der Waals surface area contributed by atoms with Crippen LogP contribution in [0.2, 0.25) is 0 Å². The number of carbonyl (C=O) groups is 2. The Morgan fingerprint density at radius 3 is 1.23 bits per heavy atom. The molecule has 0 aromatic carbocycles. The second kappa shape index (κ2) is 51.5. The van der Waals surface area contributed by atoms with Crippen LogP contribution in [-0.4, -0.2) is 179 Å². The van der Waals surface area contributed by atoms with Crippen molar-refractivity contribution in [2.24, 2.45) is 23.7 Å². The summed E-state index contributed by atoms with van der Waals surface area (Å²) in [6.45, 7) is 60.7. The average molecular weight is 1750 g/mol. The number of alkyl halides is 1. The van der Waals surface area contributed by atoms with Gasteiger partial charge in [-0.1, -0.05) is 214 Å². The molecule has 12 heterocycles. The van der Waals surface area contributed by atoms with Crippen LogP contribution in [-0.2, 0) is 116 Å². The van der Waals surface area contributed by atoms with E-state index in [9.17, 15) is 14.0 Å². The molecule has 2 amide bonds. The minimum Gasteiger partial charge on any atom is -0.385 e. The van der Waals surface area contributed by atoms with E-state index < -0.39 is 6.17 Å². The summed E-state index contributed by atoms with van der Waals surface area (Å²) in [5.74, 6) is 2.79. The lowest BCUT2D eigenvalue weighted by molar-refractivity contribution is -0.130. The van der Waals surface area contributed by atoms with Crippen molar-refractivity contribution in [2.75, 3.05) is 99.7 Å². The number of ether oxygens (including phenoxy) is 5. The molecule has 17 nitrogen and oxygen atoms in total. The number of pyridine rings is 7. The first-order chi connectivity index (χ1) is 59.8. The van der Waals surface area contributed by atoms with Gasteiger partial charge in [-0.05, 0) is 250 Å². The van der Waals surface area contributed by atoms with Crippen LogP contribution >= 0.6 is 0 Å². The van der Waals surface area contributed by atoms with Crippen molar-refractivity contribution in [3.8, 4) is 0 Å². The lowest BCUT2D eigenvalue weighted by Crippen LogP contribution is -2.40. The van der Waals surface area contributed by atoms with Crippen molar-refractivity contribution in [2.45, 2.75) is 344 Å². The van der Waals surface area contributed by atoms with Gasteiger partial charge in [-0.3, -0.25) is 44.5 Å². The Morgan fingerprint density at radius 1 is 0.441 bits per heavy atom. The van der Waals surface area contributed by atoms with Crippen LogP contribution in [0, 0.1) is 23.7 Å². The van der Waals surface area contributed by atoms with Crippen LogP contribution in [0.25, 0.3) is 0 Å². The highest BCUT2D eigenvalue weighted by atomic mass is 19.1. The van der Waals surface area contributed by atoms with Gasteiger partial charge in [-0.25, -0.2) is 4.39 Å². The number of rotatable bonds is 22. The van der Waals surface area contributed by atoms with Gasteiger partial charge in [0.15, 0.2) is 0 Å². The maximum atomic E-state index is 14.1. The highest BCUT2D eigenvalue weighted by Crippen LogP contribution is 2.34. The van der Waals surface area contributed by atoms with Gasteiger partial charge in [0, 0.05) is 159 Å². The third-order valence-electron chi connectivity index (χ3n) is 25.4. The van der Waals surface area contributed by atoms with E-state index in [1.807, 2.05) is 111 Å². The fraction of sp³-hybridized carbons (Fsp3) is 0.661. The van der Waals surface area contributed by atoms with E-state index in [-0.39, 0.29) is 61.9 Å². The SMILES string of the molecule is CC(=O)N1CCC(Cc2cncc(C(C)(C)C)c2)CC1.CC(C)(C)c1cncc(CCC2CCCC2)c1.CC(C)(C)c1cncc(CCC2COCCO2)c1.CC(C)(C)c1cncc(CCCN2CCCC2=O)c1.CCOC1COCC1Cc1cncc(C(C)(C)C)c1.CN1CCC(Cc2cncc(C(C)(C)C)c2)C(F)C1.COCCCc1cncc(C(C)(C)C)c1. The van der Waals surface area contributed by atoms with E-state index >= 15 is 0 Å². The first kappa shape index (κ1) is 107. The van der Waals surface area contributed by atoms with Crippen LogP contribution < -0.4 is 0 Å². The van der Waals surface area contributed by atoms with Crippen LogP contribution in [0.5, 0.6) is 0 Å². The van der Waals surface area contributed by atoms with E-state index in [2.05, 4.69) is 228 Å². The molecule has 127 heavy (non-hydrogen) atoms. The van der Waals surface area contributed by atoms with Crippen molar-refractivity contribution < 1.29 is 37.7 Å². The van der Waals surface area contributed by atoms with E-state index in [0.29, 0.717) is 24.3 Å². The number of carbonyl (C=O) groups excluding carboxylic acids is 2. The molecule has 7 aromatic heterocycles. The van der Waals surface area contributed by atoms with Crippen LogP contribution in [0.3, 0.4) is 0 Å². The lowest BCUT2D eigenvalue weighted by Gasteiger charge is -2.32. The lowest BCUT2D eigenvalue weighted by atomic mass is 9.85. The molecule has 1 saturated carbocycles. The number of nitrogens with zero attached hydrogens (tertiary/aromatic N) is 10. The molecule has 0 bridgehead atoms. The summed E-state index contributed by atoms with van der Waals surface area (Å²) in [4.78, 5) is 59.3. The molecule has 7 aromatic rings. The van der Waals surface area contributed by atoms with Gasteiger partial charge in [0.25, 0.3) is 0 Å². The van der Waals surface area contributed by atoms with Gasteiger partial charge < -0.3 is 38.4 Å². The van der Waals surface area contributed by atoms with Gasteiger partial charge >= 0.3 is 0 Å². The van der Waals surface area contributed by atoms with E-state index in [1.54, 1.807) is 14.0 Å². The summed E-state index contributed by atoms with van der Waals surface area (Å²) in [6, 6.07) is 15.9. The van der Waals surface area contributed by atoms with Crippen molar-refractivity contribution in [3.05, 3.63) is 207 Å². The number of hydrogen-bond acceptors (Lipinski definition) is 15. The molecule has 5 aliphatic heterocycles. The van der Waals surface area contributed by atoms with Crippen LogP contribution in [0.4, 0.5) is 4.39 Å². The molecule has 0 radical (unpaired) electrons. The Hall–Kier alpha value is -7.32. The number of amides is 2. The summed E-state index contributed by atoms with van der Waals surface area (Å²) in [5.41, 5.74) is 19.3. The summed E-state index contributed by atoms with van der Waals surface area (Å²) in [7, 11) is 3.73. The Morgan fingerprint density at radius 2 is 0.843 bits per heavy atom.